The second kappa shape index (κ2) is 44.3. The fraction of sp³-hybridized carbons (Fsp3) is 0.816. The summed E-state index contributed by atoms with van der Waals surface area (Å²) < 4.78 is 16.7. The second-order valence-corrected chi connectivity index (χ2v) is 15.6. The van der Waals surface area contributed by atoms with Crippen LogP contribution in [0.2, 0.25) is 0 Å². The highest BCUT2D eigenvalue weighted by Gasteiger charge is 2.19. The quantitative estimate of drug-likeness (QED) is 0.0266. The largest absolute Gasteiger partial charge is 0.462 e. The monoisotopic (exact) mass is 773 g/mol. The number of rotatable bonds is 42. The molecule has 0 rings (SSSR count). The molecule has 0 amide bonds. The van der Waals surface area contributed by atoms with Crippen molar-refractivity contribution in [3.8, 4) is 0 Å². The molecule has 0 aromatic heterocycles. The van der Waals surface area contributed by atoms with Gasteiger partial charge in [-0.05, 0) is 70.6 Å². The average molecular weight is 773 g/mol. The summed E-state index contributed by atoms with van der Waals surface area (Å²) in [6, 6.07) is 0. The maximum absolute atomic E-state index is 12.7. The molecule has 6 nitrogen and oxygen atoms in total. The molecule has 0 radical (unpaired) electrons. The number of hydrogen-bond donors (Lipinski definition) is 0. The van der Waals surface area contributed by atoms with E-state index in [2.05, 4.69) is 57.2 Å². The van der Waals surface area contributed by atoms with Crippen molar-refractivity contribution in [2.75, 3.05) is 13.2 Å². The molecular formula is C49H88O6. The van der Waals surface area contributed by atoms with Gasteiger partial charge in [0, 0.05) is 19.3 Å². The van der Waals surface area contributed by atoms with Crippen LogP contribution < -0.4 is 0 Å². The minimum Gasteiger partial charge on any atom is -0.462 e. The summed E-state index contributed by atoms with van der Waals surface area (Å²) in [7, 11) is 0. The lowest BCUT2D eigenvalue weighted by atomic mass is 10.1. The average Bonchev–Trinajstić information content (AvgIpc) is 3.18. The van der Waals surface area contributed by atoms with E-state index in [0.717, 1.165) is 103 Å². The molecule has 0 N–H and O–H groups in total. The number of esters is 3. The minimum atomic E-state index is -0.779. The lowest BCUT2D eigenvalue weighted by molar-refractivity contribution is -0.167. The highest BCUT2D eigenvalue weighted by molar-refractivity contribution is 5.71. The number of unbranched alkanes of at least 4 members (excludes halogenated alkanes) is 25. The fourth-order valence-corrected chi connectivity index (χ4v) is 6.59. The molecule has 0 bridgehead atoms. The summed E-state index contributed by atoms with van der Waals surface area (Å²) in [4.78, 5) is 37.7. The normalized spacial score (nSPS) is 12.3. The SMILES string of the molecule is CC/C=C\C/C=C\CCCCCCCC(=O)OC(COC(=O)CCCCC/C=C\CCCCCCCCC)COC(=O)CCCCCCCCCCCCC. The lowest BCUT2D eigenvalue weighted by Gasteiger charge is -2.18. The van der Waals surface area contributed by atoms with Crippen molar-refractivity contribution in [2.45, 2.75) is 245 Å². The first kappa shape index (κ1) is 52.6. The molecule has 0 aliphatic heterocycles. The van der Waals surface area contributed by atoms with E-state index in [9.17, 15) is 14.4 Å². The van der Waals surface area contributed by atoms with Crippen molar-refractivity contribution in [2.24, 2.45) is 0 Å². The van der Waals surface area contributed by atoms with E-state index in [1.165, 1.54) is 96.3 Å². The Morgan fingerprint density at radius 1 is 0.382 bits per heavy atom. The zero-order chi connectivity index (χ0) is 40.1. The topological polar surface area (TPSA) is 78.9 Å². The molecular weight excluding hydrogens is 685 g/mol. The smallest absolute Gasteiger partial charge is 0.306 e. The van der Waals surface area contributed by atoms with E-state index in [1.807, 2.05) is 0 Å². The van der Waals surface area contributed by atoms with Crippen molar-refractivity contribution >= 4 is 17.9 Å². The van der Waals surface area contributed by atoms with Gasteiger partial charge in [0.15, 0.2) is 6.10 Å². The highest BCUT2D eigenvalue weighted by atomic mass is 16.6. The van der Waals surface area contributed by atoms with Gasteiger partial charge in [0.05, 0.1) is 0 Å². The Labute approximate surface area is 340 Å². The van der Waals surface area contributed by atoms with Crippen LogP contribution in [0.4, 0.5) is 0 Å². The van der Waals surface area contributed by atoms with Gasteiger partial charge in [-0.15, -0.1) is 0 Å². The first-order valence-corrected chi connectivity index (χ1v) is 23.5. The van der Waals surface area contributed by atoms with Gasteiger partial charge in [0.25, 0.3) is 0 Å². The first-order chi connectivity index (χ1) is 27.0. The van der Waals surface area contributed by atoms with Crippen LogP contribution in [0.15, 0.2) is 36.5 Å². The summed E-state index contributed by atoms with van der Waals surface area (Å²) in [5.74, 6) is -0.910. The summed E-state index contributed by atoms with van der Waals surface area (Å²) in [6.45, 7) is 6.49. The maximum atomic E-state index is 12.7. The predicted molar refractivity (Wildman–Crippen MR) is 233 cm³/mol. The van der Waals surface area contributed by atoms with Gasteiger partial charge in [-0.3, -0.25) is 14.4 Å². The third kappa shape index (κ3) is 42.6. The first-order valence-electron chi connectivity index (χ1n) is 23.5. The number of allylic oxidation sites excluding steroid dienone is 6. The molecule has 320 valence electrons. The molecule has 0 spiro atoms. The summed E-state index contributed by atoms with van der Waals surface area (Å²) in [5.41, 5.74) is 0. The number of hydrogen-bond acceptors (Lipinski definition) is 6. The van der Waals surface area contributed by atoms with Crippen LogP contribution in [-0.4, -0.2) is 37.2 Å². The van der Waals surface area contributed by atoms with Crippen LogP contribution in [-0.2, 0) is 28.6 Å². The maximum Gasteiger partial charge on any atom is 0.306 e. The van der Waals surface area contributed by atoms with Crippen LogP contribution in [0.5, 0.6) is 0 Å². The van der Waals surface area contributed by atoms with Crippen LogP contribution >= 0.6 is 0 Å². The Balaban J connectivity index is 4.39. The molecule has 1 unspecified atom stereocenters. The standard InChI is InChI=1S/C49H88O6/c1-4-7-10-13-16-19-22-24-25-28-30-33-36-39-42-48(51)54-45-46(44-53-47(50)41-38-35-32-29-26-21-18-15-12-9-6-3)55-49(52)43-40-37-34-31-27-23-20-17-14-11-8-5-2/h8,11,17,20,25,28,46H,4-7,9-10,12-16,18-19,21-24,26-27,29-45H2,1-3H3/b11-8-,20-17-,28-25-. The highest BCUT2D eigenvalue weighted by Crippen LogP contribution is 2.14. The van der Waals surface area contributed by atoms with Crippen LogP contribution in [0, 0.1) is 0 Å². The molecule has 0 aromatic rings. The fourth-order valence-electron chi connectivity index (χ4n) is 6.59. The molecule has 0 fully saturated rings. The van der Waals surface area contributed by atoms with Crippen molar-refractivity contribution < 1.29 is 28.6 Å². The van der Waals surface area contributed by atoms with Gasteiger partial charge in [0.1, 0.15) is 13.2 Å². The Kier molecular flexibility index (Phi) is 42.4. The van der Waals surface area contributed by atoms with Crippen LogP contribution in [0.25, 0.3) is 0 Å². The van der Waals surface area contributed by atoms with Crippen LogP contribution in [0.1, 0.15) is 239 Å². The van der Waals surface area contributed by atoms with E-state index in [4.69, 9.17) is 14.2 Å². The number of ether oxygens (including phenoxy) is 3. The molecule has 0 saturated heterocycles. The molecule has 0 saturated carbocycles. The Morgan fingerprint density at radius 3 is 1.13 bits per heavy atom. The van der Waals surface area contributed by atoms with Gasteiger partial charge >= 0.3 is 17.9 Å². The van der Waals surface area contributed by atoms with Crippen molar-refractivity contribution in [3.63, 3.8) is 0 Å². The third-order valence-corrected chi connectivity index (χ3v) is 10.1. The Hall–Kier alpha value is -2.37. The van der Waals surface area contributed by atoms with Gasteiger partial charge in [-0.25, -0.2) is 0 Å². The number of carbonyl (C=O) groups is 3. The molecule has 0 aliphatic carbocycles. The molecule has 6 heteroatoms. The molecule has 55 heavy (non-hydrogen) atoms. The van der Waals surface area contributed by atoms with Gasteiger partial charge in [-0.1, -0.05) is 186 Å². The molecule has 0 aliphatic rings. The minimum absolute atomic E-state index is 0.0805. The van der Waals surface area contributed by atoms with Gasteiger partial charge in [-0.2, -0.15) is 0 Å². The molecule has 0 heterocycles. The predicted octanol–water partition coefficient (Wildman–Crippen LogP) is 15.0. The van der Waals surface area contributed by atoms with E-state index in [0.29, 0.717) is 19.3 Å². The summed E-state index contributed by atoms with van der Waals surface area (Å²) >= 11 is 0. The zero-order valence-electron chi connectivity index (χ0n) is 36.4. The number of carbonyl (C=O) groups excluding carboxylic acids is 3. The van der Waals surface area contributed by atoms with Crippen molar-refractivity contribution in [3.05, 3.63) is 36.5 Å². The van der Waals surface area contributed by atoms with Crippen molar-refractivity contribution in [1.82, 2.24) is 0 Å². The van der Waals surface area contributed by atoms with Gasteiger partial charge < -0.3 is 14.2 Å². The Morgan fingerprint density at radius 2 is 0.709 bits per heavy atom. The zero-order valence-corrected chi connectivity index (χ0v) is 36.4. The van der Waals surface area contributed by atoms with E-state index in [-0.39, 0.29) is 31.1 Å². The third-order valence-electron chi connectivity index (χ3n) is 10.1. The van der Waals surface area contributed by atoms with E-state index in [1.54, 1.807) is 0 Å². The molecule has 1 atom stereocenters. The van der Waals surface area contributed by atoms with E-state index >= 15 is 0 Å². The second-order valence-electron chi connectivity index (χ2n) is 15.6. The van der Waals surface area contributed by atoms with Crippen LogP contribution in [0.3, 0.4) is 0 Å². The molecule has 0 aromatic carbocycles. The van der Waals surface area contributed by atoms with E-state index < -0.39 is 6.10 Å². The van der Waals surface area contributed by atoms with Crippen molar-refractivity contribution in [1.29, 1.82) is 0 Å². The van der Waals surface area contributed by atoms with Gasteiger partial charge in [0.2, 0.25) is 0 Å². The summed E-state index contributed by atoms with van der Waals surface area (Å²) in [6.07, 6.45) is 49.8. The lowest BCUT2D eigenvalue weighted by Crippen LogP contribution is -2.30. The summed E-state index contributed by atoms with van der Waals surface area (Å²) in [5, 5.41) is 0. The Bertz CT molecular complexity index is 938.